The van der Waals surface area contributed by atoms with Crippen LogP contribution in [0.25, 0.3) is 10.9 Å². The molecule has 0 bridgehead atoms. The standard InChI is InChI=1S/C19H20FN3O/c1-13-3-8-17-14(12-22-18(17)11-13)9-10-21-19(24)23(2)16-6-4-15(20)5-7-16/h3-8,11-12,22H,9-10H2,1-2H3,(H,21,24). The highest BCUT2D eigenvalue weighted by Gasteiger charge is 2.11. The van der Waals surface area contributed by atoms with E-state index in [1.54, 1.807) is 19.2 Å². The molecule has 0 radical (unpaired) electrons. The lowest BCUT2D eigenvalue weighted by molar-refractivity contribution is 0.247. The Kier molecular flexibility index (Phi) is 4.51. The SMILES string of the molecule is Cc1ccc2c(CCNC(=O)N(C)c3ccc(F)cc3)c[nH]c2c1. The van der Waals surface area contributed by atoms with Crippen molar-refractivity contribution < 1.29 is 9.18 Å². The fourth-order valence-corrected chi connectivity index (χ4v) is 2.71. The quantitative estimate of drug-likeness (QED) is 0.748. The summed E-state index contributed by atoms with van der Waals surface area (Å²) in [6, 6.07) is 11.9. The summed E-state index contributed by atoms with van der Waals surface area (Å²) in [5.74, 6) is -0.317. The Labute approximate surface area is 140 Å². The van der Waals surface area contributed by atoms with Crippen LogP contribution in [0.3, 0.4) is 0 Å². The molecule has 1 aromatic heterocycles. The van der Waals surface area contributed by atoms with Crippen LogP contribution in [0.2, 0.25) is 0 Å². The molecule has 1 heterocycles. The maximum absolute atomic E-state index is 12.9. The van der Waals surface area contributed by atoms with Crippen molar-refractivity contribution in [1.29, 1.82) is 0 Å². The van der Waals surface area contributed by atoms with Gasteiger partial charge in [0.05, 0.1) is 0 Å². The molecular weight excluding hydrogens is 305 g/mol. The molecular formula is C19H20FN3O. The molecule has 0 unspecified atom stereocenters. The topological polar surface area (TPSA) is 48.1 Å². The smallest absolute Gasteiger partial charge is 0.321 e. The van der Waals surface area contributed by atoms with Crippen LogP contribution >= 0.6 is 0 Å². The van der Waals surface area contributed by atoms with Crippen LogP contribution in [0.5, 0.6) is 0 Å². The highest BCUT2D eigenvalue weighted by molar-refractivity contribution is 5.91. The number of amides is 2. The summed E-state index contributed by atoms with van der Waals surface area (Å²) in [6.45, 7) is 2.59. The molecule has 3 rings (SSSR count). The van der Waals surface area contributed by atoms with Crippen LogP contribution in [0.15, 0.2) is 48.7 Å². The Morgan fingerprint density at radius 2 is 1.96 bits per heavy atom. The molecule has 3 aromatic rings. The van der Waals surface area contributed by atoms with Gasteiger partial charge in [0.2, 0.25) is 0 Å². The Morgan fingerprint density at radius 3 is 2.71 bits per heavy atom. The largest absolute Gasteiger partial charge is 0.361 e. The summed E-state index contributed by atoms with van der Waals surface area (Å²) < 4.78 is 12.9. The summed E-state index contributed by atoms with van der Waals surface area (Å²) in [7, 11) is 1.66. The third-order valence-electron chi connectivity index (χ3n) is 4.11. The molecule has 0 saturated heterocycles. The molecule has 2 aromatic carbocycles. The van der Waals surface area contributed by atoms with E-state index in [1.165, 1.54) is 33.5 Å². The maximum Gasteiger partial charge on any atom is 0.321 e. The first-order valence-corrected chi connectivity index (χ1v) is 7.88. The number of hydrogen-bond acceptors (Lipinski definition) is 1. The lowest BCUT2D eigenvalue weighted by Gasteiger charge is -2.18. The molecule has 0 spiro atoms. The molecule has 5 heteroatoms. The van der Waals surface area contributed by atoms with Gasteiger partial charge in [-0.3, -0.25) is 4.90 Å². The first kappa shape index (κ1) is 16.1. The van der Waals surface area contributed by atoms with Crippen LogP contribution in [0.4, 0.5) is 14.9 Å². The number of carbonyl (C=O) groups is 1. The Bertz CT molecular complexity index is 855. The maximum atomic E-state index is 12.9. The highest BCUT2D eigenvalue weighted by atomic mass is 19.1. The van der Waals surface area contributed by atoms with E-state index in [0.717, 1.165) is 11.9 Å². The average molecular weight is 325 g/mol. The monoisotopic (exact) mass is 325 g/mol. The van der Waals surface area contributed by atoms with Gasteiger partial charge in [-0.1, -0.05) is 12.1 Å². The second-order valence-corrected chi connectivity index (χ2v) is 5.88. The number of fused-ring (bicyclic) bond motifs is 1. The number of urea groups is 1. The highest BCUT2D eigenvalue weighted by Crippen LogP contribution is 2.19. The van der Waals surface area contributed by atoms with E-state index >= 15 is 0 Å². The lowest BCUT2D eigenvalue weighted by Crippen LogP contribution is -2.38. The van der Waals surface area contributed by atoms with Gasteiger partial charge in [0.15, 0.2) is 0 Å². The van der Waals surface area contributed by atoms with Crippen LogP contribution in [0.1, 0.15) is 11.1 Å². The Hall–Kier alpha value is -2.82. The second-order valence-electron chi connectivity index (χ2n) is 5.88. The number of anilines is 1. The van der Waals surface area contributed by atoms with Gasteiger partial charge in [0.1, 0.15) is 5.82 Å². The van der Waals surface area contributed by atoms with Crippen molar-refractivity contribution >= 4 is 22.6 Å². The molecule has 0 atom stereocenters. The van der Waals surface area contributed by atoms with E-state index in [0.29, 0.717) is 12.2 Å². The van der Waals surface area contributed by atoms with E-state index < -0.39 is 0 Å². The summed E-state index contributed by atoms with van der Waals surface area (Å²) in [5.41, 5.74) is 4.15. The van der Waals surface area contributed by atoms with Gasteiger partial charge in [-0.05, 0) is 54.8 Å². The van der Waals surface area contributed by atoms with Gasteiger partial charge in [0, 0.05) is 36.4 Å². The van der Waals surface area contributed by atoms with Gasteiger partial charge in [-0.2, -0.15) is 0 Å². The molecule has 0 fully saturated rings. The fourth-order valence-electron chi connectivity index (χ4n) is 2.71. The number of hydrogen-bond donors (Lipinski definition) is 2. The van der Waals surface area contributed by atoms with Gasteiger partial charge in [-0.25, -0.2) is 9.18 Å². The van der Waals surface area contributed by atoms with Crippen molar-refractivity contribution in [2.24, 2.45) is 0 Å². The van der Waals surface area contributed by atoms with E-state index in [2.05, 4.69) is 35.4 Å². The minimum atomic E-state index is -0.317. The van der Waals surface area contributed by atoms with Crippen molar-refractivity contribution in [2.45, 2.75) is 13.3 Å². The first-order valence-electron chi connectivity index (χ1n) is 7.88. The zero-order valence-electron chi connectivity index (χ0n) is 13.8. The molecule has 124 valence electrons. The zero-order valence-corrected chi connectivity index (χ0v) is 13.8. The van der Waals surface area contributed by atoms with E-state index in [1.807, 2.05) is 6.20 Å². The fraction of sp³-hybridized carbons (Fsp3) is 0.211. The molecule has 4 nitrogen and oxygen atoms in total. The van der Waals surface area contributed by atoms with Gasteiger partial charge in [0.25, 0.3) is 0 Å². The van der Waals surface area contributed by atoms with E-state index in [-0.39, 0.29) is 11.8 Å². The minimum Gasteiger partial charge on any atom is -0.361 e. The predicted molar refractivity (Wildman–Crippen MR) is 94.9 cm³/mol. The van der Waals surface area contributed by atoms with Crippen LogP contribution in [-0.2, 0) is 6.42 Å². The minimum absolute atomic E-state index is 0.211. The van der Waals surface area contributed by atoms with Crippen molar-refractivity contribution in [2.75, 3.05) is 18.5 Å². The zero-order chi connectivity index (χ0) is 17.1. The number of halogens is 1. The molecule has 0 aliphatic rings. The second kappa shape index (κ2) is 6.74. The molecule has 2 N–H and O–H groups in total. The number of aromatic nitrogens is 1. The third kappa shape index (κ3) is 3.40. The van der Waals surface area contributed by atoms with Crippen molar-refractivity contribution in [3.63, 3.8) is 0 Å². The average Bonchev–Trinajstić information content (AvgIpc) is 2.97. The predicted octanol–water partition coefficient (Wildman–Crippen LogP) is 4.00. The van der Waals surface area contributed by atoms with Crippen LogP contribution < -0.4 is 10.2 Å². The van der Waals surface area contributed by atoms with Crippen LogP contribution in [-0.4, -0.2) is 24.6 Å². The summed E-state index contributed by atoms with van der Waals surface area (Å²) >= 11 is 0. The number of nitrogens with zero attached hydrogens (tertiary/aromatic N) is 1. The number of carbonyl (C=O) groups excluding carboxylic acids is 1. The van der Waals surface area contributed by atoms with Crippen molar-refractivity contribution in [3.05, 3.63) is 65.6 Å². The molecule has 0 aliphatic carbocycles. The Morgan fingerprint density at radius 1 is 1.21 bits per heavy atom. The van der Waals surface area contributed by atoms with Crippen LogP contribution in [0, 0.1) is 12.7 Å². The summed E-state index contributed by atoms with van der Waals surface area (Å²) in [5, 5.41) is 4.07. The van der Waals surface area contributed by atoms with Gasteiger partial charge >= 0.3 is 6.03 Å². The van der Waals surface area contributed by atoms with Crippen molar-refractivity contribution in [1.82, 2.24) is 10.3 Å². The summed E-state index contributed by atoms with van der Waals surface area (Å²) in [6.07, 6.45) is 2.73. The summed E-state index contributed by atoms with van der Waals surface area (Å²) in [4.78, 5) is 16.9. The lowest BCUT2D eigenvalue weighted by atomic mass is 10.1. The van der Waals surface area contributed by atoms with E-state index in [4.69, 9.17) is 0 Å². The number of rotatable bonds is 4. The van der Waals surface area contributed by atoms with Gasteiger partial charge < -0.3 is 10.3 Å². The number of aryl methyl sites for hydroxylation is 1. The van der Waals surface area contributed by atoms with Gasteiger partial charge in [-0.15, -0.1) is 0 Å². The number of aromatic amines is 1. The van der Waals surface area contributed by atoms with E-state index in [9.17, 15) is 9.18 Å². The molecule has 0 aliphatic heterocycles. The first-order chi connectivity index (χ1) is 11.5. The Balaban J connectivity index is 1.59. The molecule has 24 heavy (non-hydrogen) atoms. The normalized spacial score (nSPS) is 10.8. The number of nitrogens with one attached hydrogen (secondary N) is 2. The number of benzene rings is 2. The van der Waals surface area contributed by atoms with Crippen molar-refractivity contribution in [3.8, 4) is 0 Å². The third-order valence-corrected chi connectivity index (χ3v) is 4.11. The molecule has 0 saturated carbocycles. The number of H-pyrrole nitrogens is 1. The molecule has 2 amide bonds.